The molecule has 1 aliphatic heterocycles. The van der Waals surface area contributed by atoms with E-state index in [1.54, 1.807) is 31.4 Å². The van der Waals surface area contributed by atoms with Crippen molar-refractivity contribution in [3.05, 3.63) is 60.7 Å². The Hall–Kier alpha value is -4.11. The van der Waals surface area contributed by atoms with E-state index in [0.717, 1.165) is 5.39 Å². The van der Waals surface area contributed by atoms with Gasteiger partial charge >= 0.3 is 5.97 Å². The van der Waals surface area contributed by atoms with E-state index in [2.05, 4.69) is 10.3 Å². The van der Waals surface area contributed by atoms with Crippen molar-refractivity contribution in [3.63, 3.8) is 0 Å². The number of hydrogen-bond donors (Lipinski definition) is 7. The largest absolute Gasteiger partial charge is 0.493 e. The van der Waals surface area contributed by atoms with Crippen LogP contribution < -0.4 is 24.3 Å². The lowest BCUT2D eigenvalue weighted by atomic mass is 9.99. The fourth-order valence-electron chi connectivity index (χ4n) is 4.89. The molecule has 1 aromatic heterocycles. The van der Waals surface area contributed by atoms with E-state index in [9.17, 15) is 30.3 Å². The number of aliphatic hydroxyl groups is 4. The van der Waals surface area contributed by atoms with Crippen LogP contribution >= 0.6 is 0 Å². The number of nitrogens with one attached hydrogen (secondary N) is 2. The molecule has 0 spiro atoms. The number of aliphatic hydroxyl groups excluding tert-OH is 4. The summed E-state index contributed by atoms with van der Waals surface area (Å²) in [6.07, 6.45) is -9.47. The maximum Gasteiger partial charge on any atom is 0.335 e. The first-order valence-electron chi connectivity index (χ1n) is 13.7. The highest BCUT2D eigenvalue weighted by molar-refractivity contribution is 6.12. The molecule has 5 rings (SSSR count). The number of benzene rings is 3. The molecule has 7 N–H and O–H groups in total. The molecule has 13 nitrogen and oxygen atoms in total. The number of aromatic nitrogens is 1. The predicted molar refractivity (Wildman–Crippen MR) is 154 cm³/mol. The van der Waals surface area contributed by atoms with Gasteiger partial charge in [0.2, 0.25) is 6.29 Å². The molecule has 0 amide bonds. The normalized spacial score (nSPS) is 22.8. The molecule has 1 saturated heterocycles. The summed E-state index contributed by atoms with van der Waals surface area (Å²) >= 11 is 0. The molecule has 0 bridgehead atoms. The van der Waals surface area contributed by atoms with Gasteiger partial charge in [0.05, 0.1) is 18.1 Å². The Morgan fingerprint density at radius 2 is 1.65 bits per heavy atom. The van der Waals surface area contributed by atoms with Crippen molar-refractivity contribution >= 4 is 27.8 Å². The second kappa shape index (κ2) is 13.5. The highest BCUT2D eigenvalue weighted by Crippen LogP contribution is 2.38. The first kappa shape index (κ1) is 30.4. The molecule has 4 aromatic rings. The van der Waals surface area contributed by atoms with E-state index in [0.29, 0.717) is 46.8 Å². The summed E-state index contributed by atoms with van der Waals surface area (Å²) in [7, 11) is 1.58. The van der Waals surface area contributed by atoms with Crippen LogP contribution in [-0.2, 0) is 9.53 Å². The zero-order valence-corrected chi connectivity index (χ0v) is 23.3. The van der Waals surface area contributed by atoms with Crippen LogP contribution in [0, 0.1) is 0 Å². The Bertz CT molecular complexity index is 1540. The van der Waals surface area contributed by atoms with Gasteiger partial charge in [0.1, 0.15) is 49.1 Å². The molecule has 2 heterocycles. The van der Waals surface area contributed by atoms with Gasteiger partial charge in [-0.25, -0.2) is 4.79 Å². The summed E-state index contributed by atoms with van der Waals surface area (Å²) in [6.45, 7) is 1.17. The quantitative estimate of drug-likeness (QED) is 0.108. The van der Waals surface area contributed by atoms with Crippen molar-refractivity contribution < 1.29 is 54.0 Å². The number of fused-ring (bicyclic) bond motifs is 3. The van der Waals surface area contributed by atoms with Gasteiger partial charge in [0, 0.05) is 23.9 Å². The number of hydrogen-bond acceptors (Lipinski definition) is 11. The zero-order chi connectivity index (χ0) is 30.5. The van der Waals surface area contributed by atoms with E-state index >= 15 is 0 Å². The fraction of sp³-hybridized carbons (Fsp3) is 0.367. The number of aliphatic carboxylic acids is 1. The fourth-order valence-corrected chi connectivity index (χ4v) is 4.89. The highest BCUT2D eigenvalue weighted by atomic mass is 16.7. The number of carboxylic acids is 1. The minimum atomic E-state index is -1.83. The molecule has 43 heavy (non-hydrogen) atoms. The Kier molecular flexibility index (Phi) is 9.50. The maximum atomic E-state index is 11.5. The van der Waals surface area contributed by atoms with Gasteiger partial charge in [0.25, 0.3) is 0 Å². The highest BCUT2D eigenvalue weighted by Gasteiger charge is 2.48. The standard InChI is InChI=1S/C30H34N2O11/c1-39-19-8-2-3-9-20(19)40-13-12-31-14-16(33)15-41-21-10-5-7-18-23(21)17-6-4-11-22(24(17)32-18)42-30-27(36)25(34)26(35)28(43-30)29(37)38/h2-11,16,25-28,30-36H,12-15H2,1H3,(H,37,38). The number of aromatic amines is 1. The number of carbonyl (C=O) groups is 1. The summed E-state index contributed by atoms with van der Waals surface area (Å²) in [5, 5.41) is 54.9. The molecule has 0 radical (unpaired) electrons. The van der Waals surface area contributed by atoms with Crippen molar-refractivity contribution in [3.8, 4) is 23.0 Å². The molecular weight excluding hydrogens is 564 g/mol. The first-order valence-corrected chi connectivity index (χ1v) is 13.7. The molecular formula is C30H34N2O11. The van der Waals surface area contributed by atoms with Crippen molar-refractivity contribution in [1.82, 2.24) is 10.3 Å². The summed E-state index contributed by atoms with van der Waals surface area (Å²) in [5.41, 5.74) is 1.21. The van der Waals surface area contributed by atoms with Crippen LogP contribution in [0.15, 0.2) is 60.7 Å². The first-order chi connectivity index (χ1) is 20.8. The van der Waals surface area contributed by atoms with Crippen molar-refractivity contribution in [2.45, 2.75) is 36.8 Å². The van der Waals surface area contributed by atoms with Gasteiger partial charge in [-0.2, -0.15) is 0 Å². The molecule has 1 aliphatic rings. The second-order valence-corrected chi connectivity index (χ2v) is 10.0. The smallest absolute Gasteiger partial charge is 0.335 e. The summed E-state index contributed by atoms with van der Waals surface area (Å²) in [4.78, 5) is 14.7. The lowest BCUT2D eigenvalue weighted by molar-refractivity contribution is -0.270. The lowest BCUT2D eigenvalue weighted by Crippen LogP contribution is -2.61. The van der Waals surface area contributed by atoms with Crippen LogP contribution in [0.1, 0.15) is 0 Å². The summed E-state index contributed by atoms with van der Waals surface area (Å²) in [6, 6.07) is 17.9. The van der Waals surface area contributed by atoms with Crippen molar-refractivity contribution in [2.24, 2.45) is 0 Å². The Labute approximate surface area is 246 Å². The second-order valence-electron chi connectivity index (χ2n) is 10.0. The van der Waals surface area contributed by atoms with Crippen LogP contribution in [0.5, 0.6) is 23.0 Å². The predicted octanol–water partition coefficient (Wildman–Crippen LogP) is 1.01. The third kappa shape index (κ3) is 6.62. The van der Waals surface area contributed by atoms with Crippen molar-refractivity contribution in [2.75, 3.05) is 33.4 Å². The number of H-pyrrole nitrogens is 1. The van der Waals surface area contributed by atoms with Crippen molar-refractivity contribution in [1.29, 1.82) is 0 Å². The van der Waals surface area contributed by atoms with E-state index in [4.69, 9.17) is 23.7 Å². The average molecular weight is 599 g/mol. The number of para-hydroxylation sites is 3. The van der Waals surface area contributed by atoms with Crippen LogP contribution in [0.3, 0.4) is 0 Å². The van der Waals surface area contributed by atoms with Crippen LogP contribution in [0.2, 0.25) is 0 Å². The SMILES string of the molecule is COc1ccccc1OCCNCC(O)COc1cccc2[nH]c3c(OC4OC(C(=O)O)C(O)C(O)C4O)cccc3c12. The van der Waals surface area contributed by atoms with E-state index in [1.165, 1.54) is 0 Å². The van der Waals surface area contributed by atoms with Gasteiger partial charge in [-0.1, -0.05) is 30.3 Å². The molecule has 0 saturated carbocycles. The average Bonchev–Trinajstić information content (AvgIpc) is 3.40. The lowest BCUT2D eigenvalue weighted by Gasteiger charge is -2.38. The third-order valence-electron chi connectivity index (χ3n) is 7.05. The monoisotopic (exact) mass is 598 g/mol. The maximum absolute atomic E-state index is 11.5. The van der Waals surface area contributed by atoms with Gasteiger partial charge in [-0.15, -0.1) is 0 Å². The van der Waals surface area contributed by atoms with Gasteiger partial charge in [0.15, 0.2) is 17.6 Å². The number of carboxylic acid groups (broad SMARTS) is 1. The molecule has 3 aromatic carbocycles. The van der Waals surface area contributed by atoms with Gasteiger partial charge in [-0.3, -0.25) is 0 Å². The minimum absolute atomic E-state index is 0.0151. The molecule has 6 unspecified atom stereocenters. The molecule has 6 atom stereocenters. The number of methoxy groups -OCH3 is 1. The molecule has 1 fully saturated rings. The summed E-state index contributed by atoms with van der Waals surface area (Å²) < 4.78 is 28.1. The van der Waals surface area contributed by atoms with E-state index in [1.807, 2.05) is 36.4 Å². The summed E-state index contributed by atoms with van der Waals surface area (Å²) in [5.74, 6) is 0.510. The Morgan fingerprint density at radius 1 is 0.930 bits per heavy atom. The Balaban J connectivity index is 1.22. The molecule has 230 valence electrons. The van der Waals surface area contributed by atoms with Crippen LogP contribution in [0.4, 0.5) is 0 Å². The molecule has 0 aliphatic carbocycles. The van der Waals surface area contributed by atoms with Gasteiger partial charge in [-0.05, 0) is 30.3 Å². The molecule has 13 heteroatoms. The van der Waals surface area contributed by atoms with Gasteiger partial charge < -0.3 is 59.5 Å². The zero-order valence-electron chi connectivity index (χ0n) is 23.3. The Morgan fingerprint density at radius 3 is 2.42 bits per heavy atom. The van der Waals surface area contributed by atoms with Crippen LogP contribution in [0.25, 0.3) is 21.8 Å². The van der Waals surface area contributed by atoms with E-state index < -0.39 is 42.8 Å². The number of rotatable bonds is 13. The van der Waals surface area contributed by atoms with E-state index in [-0.39, 0.29) is 18.9 Å². The topological polar surface area (TPSA) is 192 Å². The number of ether oxygens (including phenoxy) is 5. The van der Waals surface area contributed by atoms with Crippen LogP contribution in [-0.4, -0.2) is 107 Å². The third-order valence-corrected chi connectivity index (χ3v) is 7.05. The minimum Gasteiger partial charge on any atom is -0.493 e.